The molecule has 0 radical (unpaired) electrons. The highest BCUT2D eigenvalue weighted by molar-refractivity contribution is 7.09. The van der Waals surface area contributed by atoms with E-state index in [0.29, 0.717) is 5.92 Å². The summed E-state index contributed by atoms with van der Waals surface area (Å²) >= 11 is 1.78. The van der Waals surface area contributed by atoms with Crippen LogP contribution in [0.3, 0.4) is 0 Å². The van der Waals surface area contributed by atoms with Gasteiger partial charge in [0.05, 0.1) is 6.10 Å². The van der Waals surface area contributed by atoms with Crippen LogP contribution in [0.5, 0.6) is 0 Å². The Kier molecular flexibility index (Phi) is 4.18. The van der Waals surface area contributed by atoms with Gasteiger partial charge in [-0.05, 0) is 49.6 Å². The minimum absolute atomic E-state index is 0.125. The number of hydrogen-bond acceptors (Lipinski definition) is 3. The van der Waals surface area contributed by atoms with Gasteiger partial charge in [0.15, 0.2) is 0 Å². The molecule has 0 spiro atoms. The van der Waals surface area contributed by atoms with E-state index in [1.165, 1.54) is 17.7 Å². The smallest absolute Gasteiger partial charge is 0.0584 e. The van der Waals surface area contributed by atoms with Crippen LogP contribution in [0.2, 0.25) is 0 Å². The van der Waals surface area contributed by atoms with E-state index < -0.39 is 0 Å². The first-order valence-electron chi connectivity index (χ1n) is 5.77. The molecule has 0 amide bonds. The number of thiophene rings is 1. The Morgan fingerprint density at radius 1 is 1.60 bits per heavy atom. The average Bonchev–Trinajstić information content (AvgIpc) is 2.80. The Morgan fingerprint density at radius 2 is 2.53 bits per heavy atom. The maximum absolute atomic E-state index is 10.0. The van der Waals surface area contributed by atoms with Crippen LogP contribution in [0.25, 0.3) is 0 Å². The summed E-state index contributed by atoms with van der Waals surface area (Å²) < 4.78 is 0. The van der Waals surface area contributed by atoms with Crippen molar-refractivity contribution in [2.24, 2.45) is 5.92 Å². The first-order chi connectivity index (χ1) is 7.36. The molecular formula is C12H19NOS. The zero-order valence-electron chi connectivity index (χ0n) is 8.98. The van der Waals surface area contributed by atoms with E-state index in [2.05, 4.69) is 22.8 Å². The number of nitrogens with one attached hydrogen (secondary N) is 1. The Hall–Kier alpha value is -0.380. The SMILES string of the molecule is OC(CCc1cccs1)C1CCCNC1. The summed E-state index contributed by atoms with van der Waals surface area (Å²) in [4.78, 5) is 1.39. The zero-order chi connectivity index (χ0) is 10.5. The highest BCUT2D eigenvalue weighted by Crippen LogP contribution is 2.19. The number of piperidine rings is 1. The van der Waals surface area contributed by atoms with Gasteiger partial charge in [-0.1, -0.05) is 6.07 Å². The van der Waals surface area contributed by atoms with Crippen LogP contribution in [0.15, 0.2) is 17.5 Å². The first kappa shape index (κ1) is 11.1. The van der Waals surface area contributed by atoms with Crippen molar-refractivity contribution in [3.8, 4) is 0 Å². The Labute approximate surface area is 95.3 Å². The Bertz CT molecular complexity index is 267. The monoisotopic (exact) mass is 225 g/mol. The molecule has 2 nitrogen and oxygen atoms in total. The maximum atomic E-state index is 10.0. The van der Waals surface area contributed by atoms with Crippen molar-refractivity contribution in [3.63, 3.8) is 0 Å². The van der Waals surface area contributed by atoms with Gasteiger partial charge in [0, 0.05) is 11.4 Å². The molecular weight excluding hydrogens is 206 g/mol. The number of aliphatic hydroxyl groups excluding tert-OH is 1. The largest absolute Gasteiger partial charge is 0.393 e. The molecule has 0 aliphatic carbocycles. The van der Waals surface area contributed by atoms with Gasteiger partial charge in [0.2, 0.25) is 0 Å². The fraction of sp³-hybridized carbons (Fsp3) is 0.667. The van der Waals surface area contributed by atoms with E-state index in [4.69, 9.17) is 0 Å². The quantitative estimate of drug-likeness (QED) is 0.822. The summed E-state index contributed by atoms with van der Waals surface area (Å²) in [6, 6.07) is 4.23. The van der Waals surface area contributed by atoms with E-state index in [1.54, 1.807) is 11.3 Å². The number of aryl methyl sites for hydroxylation is 1. The van der Waals surface area contributed by atoms with Gasteiger partial charge in [-0.25, -0.2) is 0 Å². The van der Waals surface area contributed by atoms with Crippen LogP contribution in [0.4, 0.5) is 0 Å². The maximum Gasteiger partial charge on any atom is 0.0584 e. The molecule has 1 saturated heterocycles. The number of hydrogen-bond donors (Lipinski definition) is 2. The van der Waals surface area contributed by atoms with Crippen molar-refractivity contribution >= 4 is 11.3 Å². The molecule has 0 saturated carbocycles. The van der Waals surface area contributed by atoms with Crippen molar-refractivity contribution < 1.29 is 5.11 Å². The van der Waals surface area contributed by atoms with E-state index in [0.717, 1.165) is 25.9 Å². The van der Waals surface area contributed by atoms with E-state index in [1.807, 2.05) is 0 Å². The van der Waals surface area contributed by atoms with Crippen LogP contribution < -0.4 is 5.32 Å². The highest BCUT2D eigenvalue weighted by Gasteiger charge is 2.20. The molecule has 15 heavy (non-hydrogen) atoms. The van der Waals surface area contributed by atoms with Crippen molar-refractivity contribution in [1.82, 2.24) is 5.32 Å². The van der Waals surface area contributed by atoms with Gasteiger partial charge in [-0.15, -0.1) is 11.3 Å². The number of rotatable bonds is 4. The molecule has 2 unspecified atom stereocenters. The summed E-state index contributed by atoms with van der Waals surface area (Å²) in [6.07, 6.45) is 4.20. The van der Waals surface area contributed by atoms with E-state index >= 15 is 0 Å². The molecule has 84 valence electrons. The summed E-state index contributed by atoms with van der Waals surface area (Å²) in [6.45, 7) is 2.11. The predicted octanol–water partition coefficient (Wildman–Crippen LogP) is 2.04. The molecule has 2 rings (SSSR count). The van der Waals surface area contributed by atoms with E-state index in [-0.39, 0.29) is 6.10 Å². The minimum Gasteiger partial charge on any atom is -0.393 e. The molecule has 1 fully saturated rings. The summed E-state index contributed by atoms with van der Waals surface area (Å²) in [5.41, 5.74) is 0. The molecule has 1 aliphatic rings. The standard InChI is InChI=1S/C12H19NOS/c14-12(10-3-1-7-13-9-10)6-5-11-4-2-8-15-11/h2,4,8,10,12-14H,1,3,5-7,9H2. The van der Waals surface area contributed by atoms with Gasteiger partial charge in [0.25, 0.3) is 0 Å². The average molecular weight is 225 g/mol. The molecule has 1 aromatic heterocycles. The van der Waals surface area contributed by atoms with Crippen molar-refractivity contribution in [2.75, 3.05) is 13.1 Å². The van der Waals surface area contributed by atoms with Crippen LogP contribution in [0.1, 0.15) is 24.1 Å². The fourth-order valence-electron chi connectivity index (χ4n) is 2.19. The lowest BCUT2D eigenvalue weighted by Gasteiger charge is -2.27. The predicted molar refractivity (Wildman–Crippen MR) is 64.2 cm³/mol. The molecule has 0 aromatic carbocycles. The lowest BCUT2D eigenvalue weighted by atomic mass is 9.91. The van der Waals surface area contributed by atoms with Gasteiger partial charge in [0.1, 0.15) is 0 Å². The topological polar surface area (TPSA) is 32.3 Å². The van der Waals surface area contributed by atoms with Crippen molar-refractivity contribution in [1.29, 1.82) is 0 Å². The van der Waals surface area contributed by atoms with Crippen LogP contribution in [-0.4, -0.2) is 24.3 Å². The summed E-state index contributed by atoms with van der Waals surface area (Å²) in [5.74, 6) is 0.471. The molecule has 1 aliphatic heterocycles. The second kappa shape index (κ2) is 5.64. The van der Waals surface area contributed by atoms with Gasteiger partial charge in [-0.2, -0.15) is 0 Å². The fourth-order valence-corrected chi connectivity index (χ4v) is 2.91. The molecule has 0 bridgehead atoms. The minimum atomic E-state index is -0.125. The van der Waals surface area contributed by atoms with Gasteiger partial charge >= 0.3 is 0 Å². The summed E-state index contributed by atoms with van der Waals surface area (Å²) in [7, 11) is 0. The number of aliphatic hydroxyl groups is 1. The molecule has 2 atom stereocenters. The molecule has 2 N–H and O–H groups in total. The lowest BCUT2D eigenvalue weighted by Crippen LogP contribution is -2.36. The van der Waals surface area contributed by atoms with Gasteiger partial charge < -0.3 is 10.4 Å². The van der Waals surface area contributed by atoms with Crippen molar-refractivity contribution in [3.05, 3.63) is 22.4 Å². The van der Waals surface area contributed by atoms with Crippen LogP contribution in [-0.2, 0) is 6.42 Å². The van der Waals surface area contributed by atoms with Crippen LogP contribution >= 0.6 is 11.3 Å². The van der Waals surface area contributed by atoms with Crippen molar-refractivity contribution in [2.45, 2.75) is 31.8 Å². The highest BCUT2D eigenvalue weighted by atomic mass is 32.1. The molecule has 3 heteroatoms. The third kappa shape index (κ3) is 3.30. The van der Waals surface area contributed by atoms with Crippen LogP contribution in [0, 0.1) is 5.92 Å². The third-order valence-electron chi connectivity index (χ3n) is 3.15. The third-order valence-corrected chi connectivity index (χ3v) is 4.08. The Balaban J connectivity index is 1.74. The first-order valence-corrected chi connectivity index (χ1v) is 6.65. The molecule has 2 heterocycles. The molecule has 1 aromatic rings. The normalized spacial score (nSPS) is 23.9. The second-order valence-corrected chi connectivity index (χ2v) is 5.32. The summed E-state index contributed by atoms with van der Waals surface area (Å²) in [5, 5.41) is 15.5. The lowest BCUT2D eigenvalue weighted by molar-refractivity contribution is 0.0846. The van der Waals surface area contributed by atoms with Gasteiger partial charge in [-0.3, -0.25) is 0 Å². The van der Waals surface area contributed by atoms with E-state index in [9.17, 15) is 5.11 Å². The Morgan fingerprint density at radius 3 is 3.20 bits per heavy atom. The second-order valence-electron chi connectivity index (χ2n) is 4.29. The zero-order valence-corrected chi connectivity index (χ0v) is 9.80.